The van der Waals surface area contributed by atoms with Crippen molar-refractivity contribution >= 4 is 23.5 Å². The van der Waals surface area contributed by atoms with E-state index in [1.165, 1.54) is 24.3 Å². The van der Waals surface area contributed by atoms with Gasteiger partial charge in [0.15, 0.2) is 6.10 Å². The molecule has 116 valence electrons. The first-order chi connectivity index (χ1) is 11.0. The number of fused-ring (bicyclic) bond motifs is 1. The van der Waals surface area contributed by atoms with Crippen molar-refractivity contribution in [3.63, 3.8) is 0 Å². The molecule has 6 nitrogen and oxygen atoms in total. The minimum Gasteiger partial charge on any atom is -0.478 e. The molecule has 0 aliphatic carbocycles. The summed E-state index contributed by atoms with van der Waals surface area (Å²) in [5.74, 6) is -2.01. The van der Waals surface area contributed by atoms with E-state index in [1.807, 2.05) is 0 Å². The van der Waals surface area contributed by atoms with Gasteiger partial charge < -0.3 is 15.2 Å². The SMILES string of the molecule is O=C(O)c1ccc(NC(=O)C2Cc3ccccc3C(=O)O2)cc1. The first-order valence-corrected chi connectivity index (χ1v) is 6.97. The summed E-state index contributed by atoms with van der Waals surface area (Å²) < 4.78 is 5.16. The van der Waals surface area contributed by atoms with Gasteiger partial charge in [0.2, 0.25) is 0 Å². The lowest BCUT2D eigenvalue weighted by molar-refractivity contribution is -0.125. The molecule has 3 rings (SSSR count). The molecule has 1 aliphatic heterocycles. The van der Waals surface area contributed by atoms with Crippen molar-refractivity contribution in [2.45, 2.75) is 12.5 Å². The van der Waals surface area contributed by atoms with Crippen LogP contribution in [0.1, 0.15) is 26.3 Å². The fraction of sp³-hybridized carbons (Fsp3) is 0.118. The van der Waals surface area contributed by atoms with Crippen molar-refractivity contribution in [1.29, 1.82) is 0 Å². The van der Waals surface area contributed by atoms with Crippen molar-refractivity contribution in [1.82, 2.24) is 0 Å². The van der Waals surface area contributed by atoms with E-state index in [1.54, 1.807) is 24.3 Å². The van der Waals surface area contributed by atoms with Crippen LogP contribution in [0.15, 0.2) is 48.5 Å². The van der Waals surface area contributed by atoms with Gasteiger partial charge in [0.25, 0.3) is 5.91 Å². The third-order valence-corrected chi connectivity index (χ3v) is 3.58. The second-order valence-corrected chi connectivity index (χ2v) is 5.13. The van der Waals surface area contributed by atoms with Gasteiger partial charge in [-0.05, 0) is 35.9 Å². The highest BCUT2D eigenvalue weighted by atomic mass is 16.5. The highest BCUT2D eigenvalue weighted by Gasteiger charge is 2.31. The smallest absolute Gasteiger partial charge is 0.339 e. The zero-order valence-electron chi connectivity index (χ0n) is 12.0. The van der Waals surface area contributed by atoms with Crippen molar-refractivity contribution < 1.29 is 24.2 Å². The third kappa shape index (κ3) is 3.06. The fourth-order valence-electron chi connectivity index (χ4n) is 2.40. The number of carboxylic acids is 1. The summed E-state index contributed by atoms with van der Waals surface area (Å²) in [5, 5.41) is 11.5. The Labute approximate surface area is 131 Å². The van der Waals surface area contributed by atoms with Gasteiger partial charge in [-0.3, -0.25) is 4.79 Å². The fourth-order valence-corrected chi connectivity index (χ4v) is 2.40. The van der Waals surface area contributed by atoms with Gasteiger partial charge in [0.1, 0.15) is 0 Å². The number of ether oxygens (including phenoxy) is 1. The number of aromatic carboxylic acids is 1. The lowest BCUT2D eigenvalue weighted by Gasteiger charge is -2.23. The molecule has 23 heavy (non-hydrogen) atoms. The van der Waals surface area contributed by atoms with Crippen LogP contribution in [0.3, 0.4) is 0 Å². The monoisotopic (exact) mass is 311 g/mol. The van der Waals surface area contributed by atoms with E-state index in [4.69, 9.17) is 9.84 Å². The number of esters is 1. The number of nitrogens with one attached hydrogen (secondary N) is 1. The Morgan fingerprint density at radius 2 is 1.78 bits per heavy atom. The molecule has 1 amide bonds. The summed E-state index contributed by atoms with van der Waals surface area (Å²) >= 11 is 0. The molecule has 2 aromatic rings. The van der Waals surface area contributed by atoms with Gasteiger partial charge in [-0.2, -0.15) is 0 Å². The Bertz CT molecular complexity index is 782. The largest absolute Gasteiger partial charge is 0.478 e. The molecule has 6 heteroatoms. The van der Waals surface area contributed by atoms with Gasteiger partial charge in [0.05, 0.1) is 11.1 Å². The number of carboxylic acid groups (broad SMARTS) is 1. The number of carbonyl (C=O) groups excluding carboxylic acids is 2. The summed E-state index contributed by atoms with van der Waals surface area (Å²) in [6, 6.07) is 12.7. The van der Waals surface area contributed by atoms with E-state index < -0.39 is 23.9 Å². The molecule has 0 saturated carbocycles. The topological polar surface area (TPSA) is 92.7 Å². The minimum absolute atomic E-state index is 0.126. The molecular weight excluding hydrogens is 298 g/mol. The second kappa shape index (κ2) is 5.92. The first kappa shape index (κ1) is 14.8. The average Bonchev–Trinajstić information content (AvgIpc) is 2.55. The Morgan fingerprint density at radius 3 is 2.48 bits per heavy atom. The third-order valence-electron chi connectivity index (χ3n) is 3.58. The van der Waals surface area contributed by atoms with Crippen molar-refractivity contribution in [3.8, 4) is 0 Å². The molecule has 0 radical (unpaired) electrons. The minimum atomic E-state index is -1.04. The maximum atomic E-state index is 12.2. The number of carbonyl (C=O) groups is 3. The molecule has 0 saturated heterocycles. The summed E-state index contributed by atoms with van der Waals surface area (Å²) in [7, 11) is 0. The Hall–Kier alpha value is -3.15. The Kier molecular flexibility index (Phi) is 3.80. The first-order valence-electron chi connectivity index (χ1n) is 6.97. The lowest BCUT2D eigenvalue weighted by Crippen LogP contribution is -2.37. The summed E-state index contributed by atoms with van der Waals surface area (Å²) in [6.07, 6.45) is -0.599. The summed E-state index contributed by atoms with van der Waals surface area (Å²) in [5.41, 5.74) is 1.81. The number of benzene rings is 2. The van der Waals surface area contributed by atoms with Crippen LogP contribution in [0, 0.1) is 0 Å². The van der Waals surface area contributed by atoms with Crippen LogP contribution in [-0.4, -0.2) is 29.1 Å². The van der Waals surface area contributed by atoms with E-state index in [9.17, 15) is 14.4 Å². The quantitative estimate of drug-likeness (QED) is 0.847. The predicted octanol–water partition coefficient (Wildman–Crippen LogP) is 2.10. The van der Waals surface area contributed by atoms with E-state index in [0.29, 0.717) is 17.7 Å². The average molecular weight is 311 g/mol. The molecule has 0 spiro atoms. The zero-order valence-corrected chi connectivity index (χ0v) is 12.0. The summed E-state index contributed by atoms with van der Waals surface area (Å²) in [6.45, 7) is 0. The van der Waals surface area contributed by atoms with E-state index >= 15 is 0 Å². The van der Waals surface area contributed by atoms with Crippen LogP contribution in [0.25, 0.3) is 0 Å². The number of hydrogen-bond acceptors (Lipinski definition) is 4. The van der Waals surface area contributed by atoms with Gasteiger partial charge in [-0.15, -0.1) is 0 Å². The highest BCUT2D eigenvalue weighted by Crippen LogP contribution is 2.21. The van der Waals surface area contributed by atoms with Crippen LogP contribution >= 0.6 is 0 Å². The lowest BCUT2D eigenvalue weighted by atomic mass is 9.98. The van der Waals surface area contributed by atoms with Gasteiger partial charge in [-0.25, -0.2) is 9.59 Å². The molecule has 1 aliphatic rings. The molecule has 1 unspecified atom stereocenters. The van der Waals surface area contributed by atoms with Gasteiger partial charge in [0, 0.05) is 12.1 Å². The number of cyclic esters (lactones) is 1. The number of amides is 1. The van der Waals surface area contributed by atoms with Crippen LogP contribution in [0.2, 0.25) is 0 Å². The van der Waals surface area contributed by atoms with Gasteiger partial charge in [-0.1, -0.05) is 18.2 Å². The van der Waals surface area contributed by atoms with E-state index in [2.05, 4.69) is 5.32 Å². The number of anilines is 1. The number of hydrogen-bond donors (Lipinski definition) is 2. The molecule has 2 aromatic carbocycles. The standard InChI is InChI=1S/C17H13NO5/c19-15(18-12-7-5-10(6-8-12)16(20)21)14-9-11-3-1-2-4-13(11)17(22)23-14/h1-8,14H,9H2,(H,18,19)(H,20,21). The van der Waals surface area contributed by atoms with Crippen molar-refractivity contribution in [2.75, 3.05) is 5.32 Å². The molecule has 2 N–H and O–H groups in total. The highest BCUT2D eigenvalue weighted by molar-refractivity contribution is 6.00. The van der Waals surface area contributed by atoms with Crippen molar-refractivity contribution in [3.05, 3.63) is 65.2 Å². The maximum Gasteiger partial charge on any atom is 0.339 e. The van der Waals surface area contributed by atoms with Crippen LogP contribution < -0.4 is 5.32 Å². The zero-order chi connectivity index (χ0) is 16.4. The molecule has 0 aromatic heterocycles. The molecule has 1 atom stereocenters. The van der Waals surface area contributed by atoms with Crippen molar-refractivity contribution in [2.24, 2.45) is 0 Å². The molecule has 0 bridgehead atoms. The molecule has 0 fully saturated rings. The van der Waals surface area contributed by atoms with Crippen LogP contribution in [0.4, 0.5) is 5.69 Å². The second-order valence-electron chi connectivity index (χ2n) is 5.13. The van der Waals surface area contributed by atoms with Crippen LogP contribution in [0.5, 0.6) is 0 Å². The molecule has 1 heterocycles. The Morgan fingerprint density at radius 1 is 1.09 bits per heavy atom. The molecular formula is C17H13NO5. The van der Waals surface area contributed by atoms with E-state index in [-0.39, 0.29) is 5.56 Å². The van der Waals surface area contributed by atoms with E-state index in [0.717, 1.165) is 5.56 Å². The van der Waals surface area contributed by atoms with Crippen LogP contribution in [-0.2, 0) is 16.0 Å². The normalized spacial score (nSPS) is 16.2. The predicted molar refractivity (Wildman–Crippen MR) is 81.4 cm³/mol. The Balaban J connectivity index is 1.72. The number of rotatable bonds is 3. The van der Waals surface area contributed by atoms with Gasteiger partial charge >= 0.3 is 11.9 Å². The summed E-state index contributed by atoms with van der Waals surface area (Å²) in [4.78, 5) is 34.9. The maximum absolute atomic E-state index is 12.2.